The minimum atomic E-state index is -0.473. The van der Waals surface area contributed by atoms with Crippen LogP contribution in [0.1, 0.15) is 29.0 Å². The van der Waals surface area contributed by atoms with Crippen molar-refractivity contribution in [3.8, 4) is 0 Å². The van der Waals surface area contributed by atoms with Crippen molar-refractivity contribution in [1.82, 2.24) is 4.98 Å². The SMILES string of the molecule is COC(=O)c1csc(N(C)C(C)c2ccccc2F)n1. The van der Waals surface area contributed by atoms with E-state index in [1.807, 2.05) is 18.9 Å². The zero-order valence-electron chi connectivity index (χ0n) is 11.5. The van der Waals surface area contributed by atoms with Crippen molar-refractivity contribution in [2.45, 2.75) is 13.0 Å². The lowest BCUT2D eigenvalue weighted by molar-refractivity contribution is 0.0595. The molecule has 2 aromatic rings. The predicted molar refractivity (Wildman–Crippen MR) is 76.7 cm³/mol. The molecule has 4 nitrogen and oxygen atoms in total. The third kappa shape index (κ3) is 2.80. The maximum Gasteiger partial charge on any atom is 0.357 e. The van der Waals surface area contributed by atoms with Gasteiger partial charge in [0.1, 0.15) is 5.82 Å². The van der Waals surface area contributed by atoms with E-state index in [9.17, 15) is 9.18 Å². The maximum absolute atomic E-state index is 13.8. The van der Waals surface area contributed by atoms with Gasteiger partial charge in [-0.05, 0) is 13.0 Å². The molecule has 1 aromatic heterocycles. The molecule has 0 aliphatic heterocycles. The number of hydrogen-bond acceptors (Lipinski definition) is 5. The predicted octanol–water partition coefficient (Wildman–Crippen LogP) is 3.27. The van der Waals surface area contributed by atoms with Gasteiger partial charge in [-0.3, -0.25) is 0 Å². The summed E-state index contributed by atoms with van der Waals surface area (Å²) in [6.45, 7) is 1.89. The lowest BCUT2D eigenvalue weighted by Gasteiger charge is -2.24. The number of rotatable bonds is 4. The van der Waals surface area contributed by atoms with Crippen molar-refractivity contribution in [3.05, 3.63) is 46.7 Å². The molecule has 1 unspecified atom stereocenters. The van der Waals surface area contributed by atoms with E-state index in [2.05, 4.69) is 9.72 Å². The average Bonchev–Trinajstić information content (AvgIpc) is 2.95. The van der Waals surface area contributed by atoms with E-state index in [1.165, 1.54) is 24.5 Å². The summed E-state index contributed by atoms with van der Waals surface area (Å²) in [5.41, 5.74) is 0.852. The minimum Gasteiger partial charge on any atom is -0.464 e. The molecule has 0 radical (unpaired) electrons. The summed E-state index contributed by atoms with van der Waals surface area (Å²) in [7, 11) is 3.13. The number of hydrogen-bond donors (Lipinski definition) is 0. The highest BCUT2D eigenvalue weighted by atomic mass is 32.1. The fourth-order valence-corrected chi connectivity index (χ4v) is 2.65. The minimum absolute atomic E-state index is 0.187. The molecule has 1 aromatic carbocycles. The first-order valence-electron chi connectivity index (χ1n) is 6.05. The number of anilines is 1. The Morgan fingerprint density at radius 1 is 1.45 bits per heavy atom. The van der Waals surface area contributed by atoms with Crippen LogP contribution in [0.25, 0.3) is 0 Å². The van der Waals surface area contributed by atoms with Gasteiger partial charge >= 0.3 is 5.97 Å². The molecule has 0 saturated heterocycles. The Labute approximate surface area is 120 Å². The van der Waals surface area contributed by atoms with Gasteiger partial charge in [-0.15, -0.1) is 11.3 Å². The van der Waals surface area contributed by atoms with Crippen molar-refractivity contribution >= 4 is 22.4 Å². The lowest BCUT2D eigenvalue weighted by Crippen LogP contribution is -2.22. The van der Waals surface area contributed by atoms with Gasteiger partial charge in [0.25, 0.3) is 0 Å². The number of nitrogens with zero attached hydrogens (tertiary/aromatic N) is 2. The van der Waals surface area contributed by atoms with Crippen LogP contribution in [-0.2, 0) is 4.74 Å². The van der Waals surface area contributed by atoms with Gasteiger partial charge in [0.05, 0.1) is 13.2 Å². The Kier molecular flexibility index (Phi) is 4.34. The standard InChI is InChI=1S/C14H15FN2O2S/c1-9(10-6-4-5-7-11(10)15)17(2)14-16-12(8-20-14)13(18)19-3/h4-9H,1-3H3. The van der Waals surface area contributed by atoms with Crippen molar-refractivity contribution in [3.63, 3.8) is 0 Å². The summed E-state index contributed by atoms with van der Waals surface area (Å²) in [5, 5.41) is 2.27. The van der Waals surface area contributed by atoms with Gasteiger partial charge in [0.15, 0.2) is 10.8 Å². The summed E-state index contributed by atoms with van der Waals surface area (Å²) in [4.78, 5) is 17.4. The largest absolute Gasteiger partial charge is 0.464 e. The van der Waals surface area contributed by atoms with Crippen molar-refractivity contribution < 1.29 is 13.9 Å². The van der Waals surface area contributed by atoms with E-state index in [-0.39, 0.29) is 17.6 Å². The van der Waals surface area contributed by atoms with Crippen LogP contribution >= 0.6 is 11.3 Å². The number of carbonyl (C=O) groups excluding carboxylic acids is 1. The number of esters is 1. The zero-order chi connectivity index (χ0) is 14.7. The van der Waals surface area contributed by atoms with E-state index >= 15 is 0 Å². The normalized spacial score (nSPS) is 12.0. The molecule has 0 aliphatic carbocycles. The highest BCUT2D eigenvalue weighted by Crippen LogP contribution is 2.29. The molecule has 1 heterocycles. The fourth-order valence-electron chi connectivity index (χ4n) is 1.81. The lowest BCUT2D eigenvalue weighted by atomic mass is 10.1. The van der Waals surface area contributed by atoms with Gasteiger partial charge in [-0.25, -0.2) is 14.2 Å². The molecule has 1 atom stereocenters. The third-order valence-electron chi connectivity index (χ3n) is 3.12. The second kappa shape index (κ2) is 6.00. The van der Waals surface area contributed by atoms with Gasteiger partial charge in [0.2, 0.25) is 0 Å². The Bertz CT molecular complexity index is 615. The van der Waals surface area contributed by atoms with E-state index < -0.39 is 5.97 Å². The molecule has 2 rings (SSSR count). The summed E-state index contributed by atoms with van der Waals surface area (Å²) in [5.74, 6) is -0.726. The van der Waals surface area contributed by atoms with E-state index in [1.54, 1.807) is 23.6 Å². The van der Waals surface area contributed by atoms with Crippen molar-refractivity contribution in [1.29, 1.82) is 0 Å². The van der Waals surface area contributed by atoms with Gasteiger partial charge < -0.3 is 9.64 Å². The second-order valence-electron chi connectivity index (χ2n) is 4.32. The van der Waals surface area contributed by atoms with Crippen LogP contribution in [0.15, 0.2) is 29.6 Å². The van der Waals surface area contributed by atoms with Gasteiger partial charge in [-0.2, -0.15) is 0 Å². The van der Waals surface area contributed by atoms with Gasteiger partial charge in [-0.1, -0.05) is 18.2 Å². The molecular formula is C14H15FN2O2S. The zero-order valence-corrected chi connectivity index (χ0v) is 12.3. The molecule has 0 fully saturated rings. The average molecular weight is 294 g/mol. The molecule has 0 bridgehead atoms. The van der Waals surface area contributed by atoms with Crippen molar-refractivity contribution in [2.75, 3.05) is 19.1 Å². The quantitative estimate of drug-likeness (QED) is 0.812. The Morgan fingerprint density at radius 3 is 2.80 bits per heavy atom. The van der Waals surface area contributed by atoms with Crippen LogP contribution in [0.4, 0.5) is 9.52 Å². The van der Waals surface area contributed by atoms with Crippen LogP contribution in [0.5, 0.6) is 0 Å². The van der Waals surface area contributed by atoms with Crippen LogP contribution in [0.2, 0.25) is 0 Å². The molecule has 6 heteroatoms. The summed E-state index contributed by atoms with van der Waals surface area (Å²) in [6.07, 6.45) is 0. The Balaban J connectivity index is 2.23. The first-order chi connectivity index (χ1) is 9.54. The Morgan fingerprint density at radius 2 is 2.15 bits per heavy atom. The number of methoxy groups -OCH3 is 1. The van der Waals surface area contributed by atoms with Crippen molar-refractivity contribution in [2.24, 2.45) is 0 Å². The molecule has 0 N–H and O–H groups in total. The summed E-state index contributed by atoms with van der Waals surface area (Å²) in [6, 6.07) is 6.44. The molecule has 0 amide bonds. The summed E-state index contributed by atoms with van der Waals surface area (Å²) >= 11 is 1.32. The number of halogens is 1. The fraction of sp³-hybridized carbons (Fsp3) is 0.286. The van der Waals surface area contributed by atoms with Crippen LogP contribution in [-0.4, -0.2) is 25.1 Å². The first kappa shape index (κ1) is 14.5. The second-order valence-corrected chi connectivity index (χ2v) is 5.15. The number of carbonyl (C=O) groups is 1. The van der Waals surface area contributed by atoms with E-state index in [0.29, 0.717) is 10.7 Å². The number of aromatic nitrogens is 1. The number of benzene rings is 1. The Hall–Kier alpha value is -1.95. The first-order valence-corrected chi connectivity index (χ1v) is 6.93. The maximum atomic E-state index is 13.8. The number of thiazole rings is 1. The summed E-state index contributed by atoms with van der Waals surface area (Å²) < 4.78 is 18.4. The molecule has 20 heavy (non-hydrogen) atoms. The molecule has 0 spiro atoms. The highest BCUT2D eigenvalue weighted by Gasteiger charge is 2.19. The van der Waals surface area contributed by atoms with E-state index in [0.717, 1.165) is 0 Å². The molecular weight excluding hydrogens is 279 g/mol. The monoisotopic (exact) mass is 294 g/mol. The molecule has 0 saturated carbocycles. The third-order valence-corrected chi connectivity index (χ3v) is 4.06. The molecule has 0 aliphatic rings. The molecule has 106 valence electrons. The van der Waals surface area contributed by atoms with Crippen LogP contribution in [0.3, 0.4) is 0 Å². The van der Waals surface area contributed by atoms with Crippen LogP contribution < -0.4 is 4.90 Å². The topological polar surface area (TPSA) is 42.4 Å². The highest BCUT2D eigenvalue weighted by molar-refractivity contribution is 7.13. The van der Waals surface area contributed by atoms with E-state index in [4.69, 9.17) is 0 Å². The number of ether oxygens (including phenoxy) is 1. The van der Waals surface area contributed by atoms with Crippen LogP contribution in [0, 0.1) is 5.82 Å². The smallest absolute Gasteiger partial charge is 0.357 e. The van der Waals surface area contributed by atoms with Gasteiger partial charge in [0, 0.05) is 18.0 Å².